The fourth-order valence-corrected chi connectivity index (χ4v) is 5.78. The highest BCUT2D eigenvalue weighted by atomic mass is 35.5. The molecular formula is C25H23Cl2N5O3S2. The Morgan fingerprint density at radius 1 is 0.973 bits per heavy atom. The van der Waals surface area contributed by atoms with Crippen molar-refractivity contribution in [3.63, 3.8) is 0 Å². The topological polar surface area (TPSA) is 108 Å². The maximum Gasteiger partial charge on any atom is 0.243 e. The van der Waals surface area contributed by atoms with Gasteiger partial charge in [0, 0.05) is 34.5 Å². The molecule has 0 bridgehead atoms. The molecule has 1 amide bonds. The van der Waals surface area contributed by atoms with Gasteiger partial charge < -0.3 is 5.32 Å². The monoisotopic (exact) mass is 575 g/mol. The van der Waals surface area contributed by atoms with Crippen LogP contribution in [0.15, 0.2) is 88.9 Å². The van der Waals surface area contributed by atoms with E-state index < -0.39 is 15.9 Å². The first-order valence-corrected chi connectivity index (χ1v) is 14.4. The Hall–Kier alpha value is -2.89. The molecule has 0 aliphatic carbocycles. The first kappa shape index (κ1) is 27.2. The fraction of sp³-hybridized carbons (Fsp3) is 0.160. The minimum atomic E-state index is -3.98. The second kappa shape index (κ2) is 12.6. The van der Waals surface area contributed by atoms with E-state index in [1.54, 1.807) is 24.3 Å². The molecule has 0 fully saturated rings. The minimum absolute atomic E-state index is 0.0207. The summed E-state index contributed by atoms with van der Waals surface area (Å²) in [4.78, 5) is 17.2. The lowest BCUT2D eigenvalue weighted by molar-refractivity contribution is -0.121. The molecule has 4 aromatic rings. The van der Waals surface area contributed by atoms with Gasteiger partial charge in [0.25, 0.3) is 0 Å². The highest BCUT2D eigenvalue weighted by Gasteiger charge is 2.27. The number of H-pyrrole nitrogens is 1. The van der Waals surface area contributed by atoms with Crippen LogP contribution in [0.1, 0.15) is 5.56 Å². The molecule has 0 aliphatic rings. The lowest BCUT2D eigenvalue weighted by Crippen LogP contribution is -2.40. The number of nitrogens with one attached hydrogen (secondary N) is 2. The zero-order chi connectivity index (χ0) is 26.3. The van der Waals surface area contributed by atoms with Crippen molar-refractivity contribution in [2.75, 3.05) is 18.8 Å². The van der Waals surface area contributed by atoms with E-state index in [1.807, 2.05) is 30.3 Å². The smallest absolute Gasteiger partial charge is 0.243 e. The standard InChI is InChI=1S/C25H23Cl2N5O3S2/c26-20-9-11-22(12-10-20)37(34,35)32(16-18-5-4-8-21(27)15-18)17-23(33)28-13-14-36-25-29-24(30-31-25)19-6-2-1-3-7-19/h1-12,15H,13-14,16-17H2,(H,28,33)(H,29,30,31). The van der Waals surface area contributed by atoms with E-state index >= 15 is 0 Å². The van der Waals surface area contributed by atoms with Crippen molar-refractivity contribution in [2.45, 2.75) is 16.6 Å². The Morgan fingerprint density at radius 3 is 2.46 bits per heavy atom. The average Bonchev–Trinajstić information content (AvgIpc) is 3.36. The maximum atomic E-state index is 13.3. The summed E-state index contributed by atoms with van der Waals surface area (Å²) in [7, 11) is -3.98. The molecule has 0 radical (unpaired) electrons. The van der Waals surface area contributed by atoms with E-state index in [1.165, 1.54) is 36.0 Å². The molecule has 0 saturated carbocycles. The van der Waals surface area contributed by atoms with Gasteiger partial charge in [-0.1, -0.05) is 77.4 Å². The van der Waals surface area contributed by atoms with Gasteiger partial charge in [0.2, 0.25) is 21.1 Å². The maximum absolute atomic E-state index is 13.3. The van der Waals surface area contributed by atoms with Crippen molar-refractivity contribution >= 4 is 50.9 Å². The summed E-state index contributed by atoms with van der Waals surface area (Å²) in [5.41, 5.74) is 1.59. The van der Waals surface area contributed by atoms with Crippen molar-refractivity contribution < 1.29 is 13.2 Å². The first-order valence-electron chi connectivity index (χ1n) is 11.2. The van der Waals surface area contributed by atoms with Crippen molar-refractivity contribution in [1.82, 2.24) is 24.8 Å². The first-order chi connectivity index (χ1) is 17.8. The zero-order valence-electron chi connectivity index (χ0n) is 19.5. The Labute approximate surface area is 229 Å². The summed E-state index contributed by atoms with van der Waals surface area (Å²) in [5.74, 6) is 0.743. The van der Waals surface area contributed by atoms with E-state index in [0.717, 1.165) is 9.87 Å². The Kier molecular flexibility index (Phi) is 9.23. The largest absolute Gasteiger partial charge is 0.354 e. The summed E-state index contributed by atoms with van der Waals surface area (Å²) in [5, 5.41) is 11.3. The zero-order valence-corrected chi connectivity index (χ0v) is 22.6. The van der Waals surface area contributed by atoms with E-state index in [2.05, 4.69) is 20.5 Å². The number of benzene rings is 3. The van der Waals surface area contributed by atoms with Crippen LogP contribution in [0.25, 0.3) is 11.4 Å². The normalized spacial score (nSPS) is 11.5. The van der Waals surface area contributed by atoms with E-state index in [9.17, 15) is 13.2 Å². The molecule has 3 aromatic carbocycles. The SMILES string of the molecule is O=C(CN(Cc1cccc(Cl)c1)S(=O)(=O)c1ccc(Cl)cc1)NCCSc1n[nH]c(-c2ccccc2)n1. The molecule has 2 N–H and O–H groups in total. The van der Waals surface area contributed by atoms with Gasteiger partial charge in [-0.15, -0.1) is 5.10 Å². The predicted octanol–water partition coefficient (Wildman–Crippen LogP) is 4.88. The number of aromatic nitrogens is 3. The molecule has 0 spiro atoms. The van der Waals surface area contributed by atoms with Crippen molar-refractivity contribution in [1.29, 1.82) is 0 Å². The lowest BCUT2D eigenvalue weighted by atomic mass is 10.2. The highest BCUT2D eigenvalue weighted by Crippen LogP contribution is 2.22. The number of hydrogen-bond acceptors (Lipinski definition) is 6. The molecule has 0 saturated heterocycles. The van der Waals surface area contributed by atoms with Gasteiger partial charge in [0.1, 0.15) is 0 Å². The second-order valence-electron chi connectivity index (χ2n) is 7.89. The third-order valence-corrected chi connectivity index (χ3v) is 8.33. The molecule has 0 unspecified atom stereocenters. The van der Waals surface area contributed by atoms with Gasteiger partial charge >= 0.3 is 0 Å². The highest BCUT2D eigenvalue weighted by molar-refractivity contribution is 7.99. The molecule has 8 nitrogen and oxygen atoms in total. The van der Waals surface area contributed by atoms with Crippen LogP contribution in [0.2, 0.25) is 10.0 Å². The Bertz CT molecular complexity index is 1450. The Morgan fingerprint density at radius 2 is 1.73 bits per heavy atom. The number of hydrogen-bond donors (Lipinski definition) is 2. The number of halogens is 2. The predicted molar refractivity (Wildman–Crippen MR) is 146 cm³/mol. The average molecular weight is 577 g/mol. The van der Waals surface area contributed by atoms with Gasteiger partial charge in [-0.2, -0.15) is 4.31 Å². The summed E-state index contributed by atoms with van der Waals surface area (Å²) in [6.07, 6.45) is 0. The van der Waals surface area contributed by atoms with E-state index in [0.29, 0.717) is 38.9 Å². The van der Waals surface area contributed by atoms with Crippen LogP contribution >= 0.6 is 35.0 Å². The number of thioether (sulfide) groups is 1. The minimum Gasteiger partial charge on any atom is -0.354 e. The van der Waals surface area contributed by atoms with E-state index in [-0.39, 0.29) is 18.0 Å². The van der Waals surface area contributed by atoms with Gasteiger partial charge in [0.15, 0.2) is 5.82 Å². The fourth-order valence-electron chi connectivity index (χ4n) is 3.41. The molecule has 1 aromatic heterocycles. The van der Waals surface area contributed by atoms with Gasteiger partial charge in [-0.25, -0.2) is 13.4 Å². The van der Waals surface area contributed by atoms with Crippen LogP contribution in [-0.2, 0) is 21.4 Å². The molecule has 0 atom stereocenters. The summed E-state index contributed by atoms with van der Waals surface area (Å²) in [6, 6.07) is 22.3. The molecule has 4 rings (SSSR count). The van der Waals surface area contributed by atoms with E-state index in [4.69, 9.17) is 23.2 Å². The summed E-state index contributed by atoms with van der Waals surface area (Å²) in [6.45, 7) is -0.0706. The van der Waals surface area contributed by atoms with Crippen LogP contribution in [0.5, 0.6) is 0 Å². The molecule has 37 heavy (non-hydrogen) atoms. The molecular weight excluding hydrogens is 553 g/mol. The quantitative estimate of drug-likeness (QED) is 0.195. The summed E-state index contributed by atoms with van der Waals surface area (Å²) >= 11 is 13.4. The van der Waals surface area contributed by atoms with Crippen molar-refractivity contribution in [3.05, 3.63) is 94.5 Å². The Balaban J connectivity index is 1.37. The third-order valence-electron chi connectivity index (χ3n) is 5.19. The number of nitrogens with zero attached hydrogens (tertiary/aromatic N) is 3. The van der Waals surface area contributed by atoms with Gasteiger partial charge in [-0.3, -0.25) is 9.89 Å². The number of carbonyl (C=O) groups is 1. The summed E-state index contributed by atoms with van der Waals surface area (Å²) < 4.78 is 27.8. The molecule has 192 valence electrons. The van der Waals surface area contributed by atoms with Crippen LogP contribution in [0.4, 0.5) is 0 Å². The number of carbonyl (C=O) groups excluding carboxylic acids is 1. The number of sulfonamides is 1. The van der Waals surface area contributed by atoms with Crippen molar-refractivity contribution in [2.24, 2.45) is 0 Å². The van der Waals surface area contributed by atoms with Gasteiger partial charge in [0.05, 0.1) is 11.4 Å². The van der Waals surface area contributed by atoms with Crippen LogP contribution < -0.4 is 5.32 Å². The molecule has 1 heterocycles. The molecule has 12 heteroatoms. The van der Waals surface area contributed by atoms with Crippen molar-refractivity contribution in [3.8, 4) is 11.4 Å². The van der Waals surface area contributed by atoms with Crippen LogP contribution in [0.3, 0.4) is 0 Å². The van der Waals surface area contributed by atoms with Crippen LogP contribution in [0, 0.1) is 0 Å². The third kappa shape index (κ3) is 7.56. The second-order valence-corrected chi connectivity index (χ2v) is 11.8. The number of aromatic amines is 1. The molecule has 0 aliphatic heterocycles. The lowest BCUT2D eigenvalue weighted by Gasteiger charge is -2.22. The number of amides is 1. The van der Waals surface area contributed by atoms with Crippen LogP contribution in [-0.4, -0.2) is 52.7 Å². The van der Waals surface area contributed by atoms with Gasteiger partial charge in [-0.05, 0) is 42.0 Å². The number of rotatable bonds is 11.